The van der Waals surface area contributed by atoms with Crippen LogP contribution in [-0.4, -0.2) is 18.1 Å². The molecule has 3 nitrogen and oxygen atoms in total. The number of carbonyl (C=O) groups is 2. The van der Waals surface area contributed by atoms with Crippen molar-refractivity contribution in [3.8, 4) is 0 Å². The van der Waals surface area contributed by atoms with Gasteiger partial charge in [0.15, 0.2) is 0 Å². The first kappa shape index (κ1) is 10.0. The second-order valence-electron chi connectivity index (χ2n) is 2.02. The van der Waals surface area contributed by atoms with Gasteiger partial charge in [0.1, 0.15) is 12.1 Å². The molecule has 0 heterocycles. The molecule has 0 aromatic carbocycles. The Balaban J connectivity index is 3.60. The van der Waals surface area contributed by atoms with Crippen molar-refractivity contribution in [1.82, 2.24) is 3.53 Å². The highest BCUT2D eigenvalue weighted by molar-refractivity contribution is 14.1. The number of aldehydes is 1. The van der Waals surface area contributed by atoms with E-state index in [2.05, 4.69) is 3.53 Å². The van der Waals surface area contributed by atoms with Gasteiger partial charge in [0.2, 0.25) is 0 Å². The van der Waals surface area contributed by atoms with Gasteiger partial charge in [-0.2, -0.15) is 0 Å². The summed E-state index contributed by atoms with van der Waals surface area (Å²) in [6.45, 7) is 1.52. The summed E-state index contributed by atoms with van der Waals surface area (Å²) in [5.74, 6) is 0.0799. The van der Waals surface area contributed by atoms with Crippen LogP contribution in [0, 0.1) is 0 Å². The number of hydrogen-bond donors (Lipinski definition) is 1. The van der Waals surface area contributed by atoms with Gasteiger partial charge in [-0.3, -0.25) is 8.32 Å². The van der Waals surface area contributed by atoms with Crippen LogP contribution in [0.1, 0.15) is 19.8 Å². The molecular formula is C6H10INO2. The van der Waals surface area contributed by atoms with Gasteiger partial charge >= 0.3 is 0 Å². The zero-order valence-electron chi connectivity index (χ0n) is 5.76. The standard InChI is InChI=1S/C6H10INO2/c1-5(10)6(8-7)3-2-4-9/h4,6,8H,2-3H2,1H3. The van der Waals surface area contributed by atoms with Crippen molar-refractivity contribution in [1.29, 1.82) is 0 Å². The van der Waals surface area contributed by atoms with Gasteiger partial charge in [-0.25, -0.2) is 0 Å². The fraction of sp³-hybridized carbons (Fsp3) is 0.667. The highest BCUT2D eigenvalue weighted by atomic mass is 127. The lowest BCUT2D eigenvalue weighted by atomic mass is 10.1. The van der Waals surface area contributed by atoms with E-state index in [-0.39, 0.29) is 11.8 Å². The van der Waals surface area contributed by atoms with Crippen LogP contribution in [0.2, 0.25) is 0 Å². The molecule has 0 aromatic heterocycles. The van der Waals surface area contributed by atoms with Crippen LogP contribution in [0.25, 0.3) is 0 Å². The summed E-state index contributed by atoms with van der Waals surface area (Å²) in [6.07, 6.45) is 1.87. The average molecular weight is 255 g/mol. The van der Waals surface area contributed by atoms with E-state index in [0.717, 1.165) is 6.29 Å². The van der Waals surface area contributed by atoms with E-state index in [4.69, 9.17) is 0 Å². The van der Waals surface area contributed by atoms with Crippen molar-refractivity contribution < 1.29 is 9.59 Å². The molecule has 1 atom stereocenters. The summed E-state index contributed by atoms with van der Waals surface area (Å²) in [6, 6.07) is -0.161. The highest BCUT2D eigenvalue weighted by Gasteiger charge is 2.10. The lowest BCUT2D eigenvalue weighted by molar-refractivity contribution is -0.118. The Kier molecular flexibility index (Phi) is 5.81. The fourth-order valence-corrected chi connectivity index (χ4v) is 1.32. The van der Waals surface area contributed by atoms with Crippen LogP contribution < -0.4 is 3.53 Å². The Morgan fingerprint density at radius 1 is 1.80 bits per heavy atom. The third kappa shape index (κ3) is 3.94. The van der Waals surface area contributed by atoms with Gasteiger partial charge in [-0.05, 0) is 13.3 Å². The Bertz CT molecular complexity index is 127. The second kappa shape index (κ2) is 5.79. The molecule has 0 aliphatic heterocycles. The molecule has 0 aliphatic rings. The molecule has 0 bridgehead atoms. The highest BCUT2D eigenvalue weighted by Crippen LogP contribution is 1.98. The van der Waals surface area contributed by atoms with Gasteiger partial charge in [-0.15, -0.1) is 0 Å². The minimum absolute atomic E-state index is 0.0799. The molecule has 0 radical (unpaired) electrons. The van der Waals surface area contributed by atoms with E-state index in [1.165, 1.54) is 6.92 Å². The molecular weight excluding hydrogens is 245 g/mol. The third-order valence-electron chi connectivity index (χ3n) is 1.20. The van der Waals surface area contributed by atoms with E-state index >= 15 is 0 Å². The third-order valence-corrected chi connectivity index (χ3v) is 1.95. The Morgan fingerprint density at radius 2 is 2.40 bits per heavy atom. The van der Waals surface area contributed by atoms with Crippen LogP contribution in [0.15, 0.2) is 0 Å². The van der Waals surface area contributed by atoms with E-state index < -0.39 is 0 Å². The SMILES string of the molecule is CC(=O)C(CCC=O)NI. The Hall–Kier alpha value is 0.0300. The molecule has 4 heteroatoms. The molecule has 0 fully saturated rings. The van der Waals surface area contributed by atoms with Crippen LogP contribution in [-0.2, 0) is 9.59 Å². The number of rotatable bonds is 5. The quantitative estimate of drug-likeness (QED) is 0.450. The first-order valence-electron chi connectivity index (χ1n) is 3.02. The number of carbonyl (C=O) groups excluding carboxylic acids is 2. The van der Waals surface area contributed by atoms with Crippen LogP contribution >= 0.6 is 22.9 Å². The number of halogens is 1. The molecule has 0 amide bonds. The largest absolute Gasteiger partial charge is 0.303 e. The van der Waals surface area contributed by atoms with Crippen molar-refractivity contribution in [3.05, 3.63) is 0 Å². The summed E-state index contributed by atoms with van der Waals surface area (Å²) in [5, 5.41) is 0. The fourth-order valence-electron chi connectivity index (χ4n) is 0.569. The molecule has 0 saturated carbocycles. The first-order chi connectivity index (χ1) is 4.72. The van der Waals surface area contributed by atoms with Crippen molar-refractivity contribution >= 4 is 34.9 Å². The average Bonchev–Trinajstić information content (AvgIpc) is 1.89. The lowest BCUT2D eigenvalue weighted by Gasteiger charge is -2.07. The molecule has 0 rings (SSSR count). The maximum Gasteiger partial charge on any atom is 0.147 e. The van der Waals surface area contributed by atoms with Crippen molar-refractivity contribution in [2.24, 2.45) is 0 Å². The Morgan fingerprint density at radius 3 is 2.70 bits per heavy atom. The zero-order valence-corrected chi connectivity index (χ0v) is 7.92. The van der Waals surface area contributed by atoms with E-state index in [0.29, 0.717) is 12.8 Å². The molecule has 58 valence electrons. The second-order valence-corrected chi connectivity index (χ2v) is 2.64. The Labute approximate surface area is 74.1 Å². The maximum atomic E-state index is 10.7. The van der Waals surface area contributed by atoms with Gasteiger partial charge in [0.05, 0.1) is 6.04 Å². The van der Waals surface area contributed by atoms with Gasteiger partial charge in [0.25, 0.3) is 0 Å². The lowest BCUT2D eigenvalue weighted by Crippen LogP contribution is -2.28. The van der Waals surface area contributed by atoms with Crippen LogP contribution in [0.3, 0.4) is 0 Å². The molecule has 1 unspecified atom stereocenters. The van der Waals surface area contributed by atoms with E-state index in [1.807, 2.05) is 22.9 Å². The number of hydrogen-bond acceptors (Lipinski definition) is 3. The minimum atomic E-state index is -0.161. The maximum absolute atomic E-state index is 10.7. The van der Waals surface area contributed by atoms with Crippen molar-refractivity contribution in [2.75, 3.05) is 0 Å². The van der Waals surface area contributed by atoms with Gasteiger partial charge in [-0.1, -0.05) is 0 Å². The van der Waals surface area contributed by atoms with Gasteiger partial charge < -0.3 is 4.79 Å². The molecule has 10 heavy (non-hydrogen) atoms. The van der Waals surface area contributed by atoms with E-state index in [1.54, 1.807) is 0 Å². The topological polar surface area (TPSA) is 46.2 Å². The predicted octanol–water partition coefficient (Wildman–Crippen LogP) is 0.863. The summed E-state index contributed by atoms with van der Waals surface area (Å²) in [4.78, 5) is 20.6. The van der Waals surface area contributed by atoms with Crippen LogP contribution in [0.4, 0.5) is 0 Å². The predicted molar refractivity (Wildman–Crippen MR) is 46.9 cm³/mol. The first-order valence-corrected chi connectivity index (χ1v) is 4.10. The van der Waals surface area contributed by atoms with Gasteiger partial charge in [0, 0.05) is 29.3 Å². The summed E-state index contributed by atoms with van der Waals surface area (Å²) < 4.78 is 2.80. The summed E-state index contributed by atoms with van der Waals surface area (Å²) >= 11 is 1.92. The molecule has 0 aliphatic carbocycles. The molecule has 1 N–H and O–H groups in total. The normalized spacial score (nSPS) is 12.6. The monoisotopic (exact) mass is 255 g/mol. The molecule has 0 aromatic rings. The van der Waals surface area contributed by atoms with Crippen LogP contribution in [0.5, 0.6) is 0 Å². The smallest absolute Gasteiger partial charge is 0.147 e. The summed E-state index contributed by atoms with van der Waals surface area (Å²) in [7, 11) is 0. The molecule has 0 spiro atoms. The number of ketones is 1. The number of nitrogens with one attached hydrogen (secondary N) is 1. The van der Waals surface area contributed by atoms with Crippen molar-refractivity contribution in [2.45, 2.75) is 25.8 Å². The van der Waals surface area contributed by atoms with E-state index in [9.17, 15) is 9.59 Å². The minimum Gasteiger partial charge on any atom is -0.303 e. The number of Topliss-reactive ketones (excluding diaryl/α,β-unsaturated/α-hetero) is 1. The zero-order chi connectivity index (χ0) is 7.98. The summed E-state index contributed by atoms with van der Waals surface area (Å²) in [5.41, 5.74) is 0. The van der Waals surface area contributed by atoms with Crippen molar-refractivity contribution in [3.63, 3.8) is 0 Å². The molecule has 0 saturated heterocycles.